The number of carboxylic acid groups (broad SMARTS) is 1. The minimum atomic E-state index is -0.797. The van der Waals surface area contributed by atoms with Gasteiger partial charge >= 0.3 is 5.97 Å². The molecule has 1 aliphatic rings. The first kappa shape index (κ1) is 12.4. The van der Waals surface area contributed by atoms with Gasteiger partial charge in [-0.05, 0) is 24.3 Å². The largest absolute Gasteiger partial charge is 0.480 e. The van der Waals surface area contributed by atoms with E-state index >= 15 is 0 Å². The van der Waals surface area contributed by atoms with Gasteiger partial charge in [0, 0.05) is 12.6 Å². The number of oxazole rings is 1. The Bertz CT molecular complexity index is 560. The van der Waals surface area contributed by atoms with Crippen LogP contribution < -0.4 is 0 Å². The summed E-state index contributed by atoms with van der Waals surface area (Å²) < 4.78 is 5.44. The van der Waals surface area contributed by atoms with Crippen LogP contribution in [0.2, 0.25) is 0 Å². The number of nitrogens with zero attached hydrogens (tertiary/aromatic N) is 2. The first-order chi connectivity index (χ1) is 9.22. The molecule has 1 N–H and O–H groups in total. The van der Waals surface area contributed by atoms with Crippen molar-refractivity contribution in [1.29, 1.82) is 0 Å². The Balaban J connectivity index is 1.70. The van der Waals surface area contributed by atoms with Gasteiger partial charge in [0.25, 0.3) is 0 Å². The smallest absolute Gasteiger partial charge is 0.317 e. The van der Waals surface area contributed by atoms with Gasteiger partial charge in [0.2, 0.25) is 5.89 Å². The molecule has 0 amide bonds. The number of carbonyl (C=O) groups is 1. The van der Waals surface area contributed by atoms with Gasteiger partial charge in [0.15, 0.2) is 0 Å². The topological polar surface area (TPSA) is 66.6 Å². The number of hydrogen-bond acceptors (Lipinski definition) is 5. The molecule has 3 rings (SSSR count). The minimum Gasteiger partial charge on any atom is -0.480 e. The fourth-order valence-corrected chi connectivity index (χ4v) is 2.68. The maximum absolute atomic E-state index is 10.8. The molecule has 0 spiro atoms. The summed E-state index contributed by atoms with van der Waals surface area (Å²) in [5.74, 6) is -0.190. The lowest BCUT2D eigenvalue weighted by molar-refractivity contribution is -0.138. The van der Waals surface area contributed by atoms with Gasteiger partial charge in [0.1, 0.15) is 6.26 Å². The summed E-state index contributed by atoms with van der Waals surface area (Å²) in [6, 6.07) is 4.29. The Morgan fingerprint density at radius 2 is 2.42 bits per heavy atom. The molecule has 0 aliphatic heterocycles. The van der Waals surface area contributed by atoms with E-state index in [1.165, 1.54) is 0 Å². The van der Waals surface area contributed by atoms with E-state index in [2.05, 4.69) is 4.98 Å². The fourth-order valence-electron chi connectivity index (χ4n) is 2.03. The van der Waals surface area contributed by atoms with Crippen LogP contribution in [0.25, 0.3) is 10.8 Å². The number of aromatic nitrogens is 1. The first-order valence-electron chi connectivity index (χ1n) is 6.16. The van der Waals surface area contributed by atoms with Crippen LogP contribution in [0.5, 0.6) is 0 Å². The van der Waals surface area contributed by atoms with E-state index in [4.69, 9.17) is 9.52 Å². The Hall–Kier alpha value is -1.66. The van der Waals surface area contributed by atoms with E-state index in [1.54, 1.807) is 17.6 Å². The molecule has 100 valence electrons. The van der Waals surface area contributed by atoms with E-state index in [0.717, 1.165) is 23.4 Å². The number of rotatable bonds is 6. The predicted molar refractivity (Wildman–Crippen MR) is 70.9 cm³/mol. The van der Waals surface area contributed by atoms with Gasteiger partial charge in [-0.25, -0.2) is 4.98 Å². The highest BCUT2D eigenvalue weighted by molar-refractivity contribution is 7.13. The first-order valence-corrected chi connectivity index (χ1v) is 7.04. The molecular weight excluding hydrogens is 264 g/mol. The summed E-state index contributed by atoms with van der Waals surface area (Å²) in [6.07, 6.45) is 3.76. The van der Waals surface area contributed by atoms with Crippen molar-refractivity contribution in [2.45, 2.75) is 25.4 Å². The third kappa shape index (κ3) is 3.02. The average Bonchev–Trinajstić information content (AvgIpc) is 2.89. The second-order valence-corrected chi connectivity index (χ2v) is 5.60. The average molecular weight is 278 g/mol. The Kier molecular flexibility index (Phi) is 3.35. The number of aliphatic carboxylic acids is 1. The highest BCUT2D eigenvalue weighted by Gasteiger charge is 2.30. The molecule has 19 heavy (non-hydrogen) atoms. The zero-order chi connectivity index (χ0) is 13.2. The predicted octanol–water partition coefficient (Wildman–Crippen LogP) is 2.45. The zero-order valence-corrected chi connectivity index (χ0v) is 11.1. The van der Waals surface area contributed by atoms with Crippen molar-refractivity contribution in [1.82, 2.24) is 9.88 Å². The molecule has 1 saturated carbocycles. The van der Waals surface area contributed by atoms with Crippen LogP contribution in [0, 0.1) is 0 Å². The number of carboxylic acids is 1. The van der Waals surface area contributed by atoms with Crippen molar-refractivity contribution in [3.8, 4) is 10.8 Å². The Morgan fingerprint density at radius 3 is 3.05 bits per heavy atom. The highest BCUT2D eigenvalue weighted by atomic mass is 32.1. The lowest BCUT2D eigenvalue weighted by atomic mass is 10.4. The van der Waals surface area contributed by atoms with Gasteiger partial charge in [0.05, 0.1) is 17.1 Å². The lowest BCUT2D eigenvalue weighted by Crippen LogP contribution is -2.31. The monoisotopic (exact) mass is 278 g/mol. The second kappa shape index (κ2) is 5.14. The molecule has 5 nitrogen and oxygen atoms in total. The third-order valence-corrected chi connectivity index (χ3v) is 3.91. The molecule has 6 heteroatoms. The molecule has 0 radical (unpaired) electrons. The summed E-state index contributed by atoms with van der Waals surface area (Å²) in [7, 11) is 0. The molecule has 0 saturated heterocycles. The SMILES string of the molecule is O=C(O)CN(Cc1coc(-c2cccs2)n1)C1CC1. The molecule has 2 aromatic rings. The van der Waals surface area contributed by atoms with Gasteiger partial charge in [-0.2, -0.15) is 0 Å². The van der Waals surface area contributed by atoms with Crippen molar-refractivity contribution in [3.05, 3.63) is 29.5 Å². The van der Waals surface area contributed by atoms with Crippen LogP contribution in [0.4, 0.5) is 0 Å². The van der Waals surface area contributed by atoms with Crippen LogP contribution in [-0.4, -0.2) is 33.5 Å². The number of thiophene rings is 1. The van der Waals surface area contributed by atoms with E-state index in [1.807, 2.05) is 22.4 Å². The van der Waals surface area contributed by atoms with Crippen molar-refractivity contribution < 1.29 is 14.3 Å². The van der Waals surface area contributed by atoms with Crippen LogP contribution in [0.3, 0.4) is 0 Å². The summed E-state index contributed by atoms with van der Waals surface area (Å²) >= 11 is 1.57. The molecule has 1 fully saturated rings. The molecule has 1 aliphatic carbocycles. The number of hydrogen-bond donors (Lipinski definition) is 1. The van der Waals surface area contributed by atoms with Crippen LogP contribution in [0.15, 0.2) is 28.2 Å². The molecule has 2 aromatic heterocycles. The molecule has 0 atom stereocenters. The van der Waals surface area contributed by atoms with E-state index in [0.29, 0.717) is 18.5 Å². The van der Waals surface area contributed by atoms with Crippen LogP contribution in [-0.2, 0) is 11.3 Å². The summed E-state index contributed by atoms with van der Waals surface area (Å²) in [4.78, 5) is 18.2. The molecular formula is C13H14N2O3S. The summed E-state index contributed by atoms with van der Waals surface area (Å²) in [5.41, 5.74) is 0.788. The maximum atomic E-state index is 10.8. The Labute approximate surface area is 114 Å². The maximum Gasteiger partial charge on any atom is 0.317 e. The summed E-state index contributed by atoms with van der Waals surface area (Å²) in [6.45, 7) is 0.595. The van der Waals surface area contributed by atoms with Crippen molar-refractivity contribution in [2.75, 3.05) is 6.54 Å². The fraction of sp³-hybridized carbons (Fsp3) is 0.385. The molecule has 2 heterocycles. The van der Waals surface area contributed by atoms with Gasteiger partial charge < -0.3 is 9.52 Å². The molecule has 0 bridgehead atoms. The molecule has 0 aromatic carbocycles. The Morgan fingerprint density at radius 1 is 1.58 bits per heavy atom. The van der Waals surface area contributed by atoms with E-state index in [-0.39, 0.29) is 6.54 Å². The van der Waals surface area contributed by atoms with E-state index in [9.17, 15) is 4.79 Å². The second-order valence-electron chi connectivity index (χ2n) is 4.65. The van der Waals surface area contributed by atoms with E-state index < -0.39 is 5.97 Å². The zero-order valence-electron chi connectivity index (χ0n) is 10.3. The van der Waals surface area contributed by atoms with Crippen LogP contribution >= 0.6 is 11.3 Å². The van der Waals surface area contributed by atoms with Crippen molar-refractivity contribution >= 4 is 17.3 Å². The van der Waals surface area contributed by atoms with Gasteiger partial charge in [-0.3, -0.25) is 9.69 Å². The summed E-state index contributed by atoms with van der Waals surface area (Å²) in [5, 5.41) is 10.9. The lowest BCUT2D eigenvalue weighted by Gasteiger charge is -2.17. The quantitative estimate of drug-likeness (QED) is 0.879. The van der Waals surface area contributed by atoms with Crippen molar-refractivity contribution in [2.24, 2.45) is 0 Å². The standard InChI is InChI=1S/C13H14N2O3S/c16-12(17)7-15(10-3-4-10)6-9-8-18-13(14-9)11-2-1-5-19-11/h1-2,5,8,10H,3-4,6-7H2,(H,16,17). The normalized spacial score (nSPS) is 15.0. The third-order valence-electron chi connectivity index (χ3n) is 3.05. The van der Waals surface area contributed by atoms with Gasteiger partial charge in [-0.1, -0.05) is 6.07 Å². The highest BCUT2D eigenvalue weighted by Crippen LogP contribution is 2.29. The van der Waals surface area contributed by atoms with Crippen LogP contribution in [0.1, 0.15) is 18.5 Å². The minimum absolute atomic E-state index is 0.0614. The molecule has 0 unspecified atom stereocenters. The van der Waals surface area contributed by atoms with Crippen molar-refractivity contribution in [3.63, 3.8) is 0 Å². The van der Waals surface area contributed by atoms with Gasteiger partial charge in [-0.15, -0.1) is 11.3 Å².